The van der Waals surface area contributed by atoms with Gasteiger partial charge in [0.15, 0.2) is 5.78 Å². The Morgan fingerprint density at radius 3 is 2.20 bits per heavy atom. The zero-order valence-corrected chi connectivity index (χ0v) is 34.1. The van der Waals surface area contributed by atoms with Crippen LogP contribution < -0.4 is 16.0 Å². The fourth-order valence-electron chi connectivity index (χ4n) is 9.78. The van der Waals surface area contributed by atoms with Crippen molar-refractivity contribution in [3.8, 4) is 0 Å². The van der Waals surface area contributed by atoms with Crippen molar-refractivity contribution in [1.82, 2.24) is 25.9 Å². The highest BCUT2D eigenvalue weighted by molar-refractivity contribution is 6.38. The zero-order chi connectivity index (χ0) is 40.4. The lowest BCUT2D eigenvalue weighted by atomic mass is 9.67. The van der Waals surface area contributed by atoms with E-state index in [0.29, 0.717) is 25.7 Å². The Bertz CT molecular complexity index is 1670. The Balaban J connectivity index is 1.32. The van der Waals surface area contributed by atoms with Crippen molar-refractivity contribution < 1.29 is 28.8 Å². The molecule has 3 N–H and O–H groups in total. The van der Waals surface area contributed by atoms with E-state index in [0.717, 1.165) is 63.4 Å². The first-order valence-corrected chi connectivity index (χ1v) is 21.1. The predicted octanol–water partition coefficient (Wildman–Crippen LogP) is 6.91. The van der Waals surface area contributed by atoms with Gasteiger partial charge in [0.2, 0.25) is 11.7 Å². The molecule has 5 rings (SSSR count). The van der Waals surface area contributed by atoms with Crippen LogP contribution in [0.25, 0.3) is 0 Å². The maximum atomic E-state index is 15.0. The lowest BCUT2D eigenvalue weighted by molar-refractivity contribution is -0.142. The molecule has 3 fully saturated rings. The Morgan fingerprint density at radius 2 is 1.54 bits per heavy atom. The van der Waals surface area contributed by atoms with Crippen molar-refractivity contribution in [2.45, 2.75) is 143 Å². The standard InChI is InChI=1S/C45H63N5O6/c1-6-15-35(41(53)44(56)48-28(2)29-16-9-7-10-17-29)49-42(54)33-26-31-20-13-14-21-32(31)38(33)40(52)34(45(3,4)5)22-23-37(51)39(30-18-11-8-12-19-30)50-43(55)36-27-46-24-25-47-36/h7,9-10,16-17,24-25,27-28,30-35,38-39H,6,8,11-15,18-23,26H2,1-5H3,(H,48,56)(H,49,54)(H,50,55)/t28-,31?,32?,33+,34+,35?,38?,39-/m0/s1. The third kappa shape index (κ3) is 10.8. The summed E-state index contributed by atoms with van der Waals surface area (Å²) in [6.45, 7) is 9.77. The number of hydrogen-bond donors (Lipinski definition) is 3. The molecule has 3 saturated carbocycles. The molecule has 304 valence electrons. The van der Waals surface area contributed by atoms with Crippen LogP contribution >= 0.6 is 0 Å². The third-order valence-corrected chi connectivity index (χ3v) is 12.8. The topological polar surface area (TPSA) is 164 Å². The maximum Gasteiger partial charge on any atom is 0.290 e. The number of aromatic nitrogens is 2. The number of nitrogens with one attached hydrogen (secondary N) is 3. The van der Waals surface area contributed by atoms with E-state index in [1.165, 1.54) is 18.6 Å². The van der Waals surface area contributed by atoms with Crippen molar-refractivity contribution in [2.24, 2.45) is 40.9 Å². The number of carbonyl (C=O) groups excluding carboxylic acids is 6. The molecule has 1 heterocycles. The van der Waals surface area contributed by atoms with Crippen molar-refractivity contribution >= 4 is 35.1 Å². The number of amides is 3. The summed E-state index contributed by atoms with van der Waals surface area (Å²) in [4.78, 5) is 91.6. The molecule has 1 aromatic heterocycles. The SMILES string of the molecule is CCCC(NC(=O)[C@@H]1CC2CCCCC2C1C(=O)[C@@H](CCC(=O)[C@@H](NC(=O)c1cnccn1)C1CCCCC1)C(C)(C)C)C(=O)C(=O)N[C@@H](C)c1ccccc1. The summed E-state index contributed by atoms with van der Waals surface area (Å²) in [5.74, 6) is -3.71. The number of nitrogens with zero attached hydrogens (tertiary/aromatic N) is 2. The van der Waals surface area contributed by atoms with Crippen LogP contribution in [0, 0.1) is 40.9 Å². The van der Waals surface area contributed by atoms with Gasteiger partial charge < -0.3 is 16.0 Å². The predicted molar refractivity (Wildman–Crippen MR) is 214 cm³/mol. The van der Waals surface area contributed by atoms with Gasteiger partial charge in [-0.2, -0.15) is 0 Å². The van der Waals surface area contributed by atoms with Gasteiger partial charge in [0, 0.05) is 36.6 Å². The van der Waals surface area contributed by atoms with E-state index in [9.17, 15) is 24.0 Å². The van der Waals surface area contributed by atoms with Crippen molar-refractivity contribution in [3.63, 3.8) is 0 Å². The summed E-state index contributed by atoms with van der Waals surface area (Å²) >= 11 is 0. The number of fused-ring (bicyclic) bond motifs is 1. The van der Waals surface area contributed by atoms with E-state index in [2.05, 4.69) is 25.9 Å². The number of carbonyl (C=O) groups is 6. The van der Waals surface area contributed by atoms with Crippen LogP contribution in [0.15, 0.2) is 48.9 Å². The molecule has 4 unspecified atom stereocenters. The van der Waals surface area contributed by atoms with Gasteiger partial charge in [0.25, 0.3) is 11.8 Å². The molecule has 3 aliphatic rings. The summed E-state index contributed by atoms with van der Waals surface area (Å²) in [6.07, 6.45) is 14.8. The minimum Gasteiger partial charge on any atom is -0.345 e. The molecule has 3 aliphatic carbocycles. The first-order chi connectivity index (χ1) is 26.8. The average Bonchev–Trinajstić information content (AvgIpc) is 3.60. The number of ketones is 3. The normalized spacial score (nSPS) is 23.4. The fourth-order valence-corrected chi connectivity index (χ4v) is 9.78. The second kappa shape index (κ2) is 19.7. The van der Waals surface area contributed by atoms with E-state index in [4.69, 9.17) is 0 Å². The van der Waals surface area contributed by atoms with Crippen LogP contribution in [-0.2, 0) is 24.0 Å². The van der Waals surface area contributed by atoms with Gasteiger partial charge in [0.1, 0.15) is 11.5 Å². The van der Waals surface area contributed by atoms with Gasteiger partial charge in [-0.3, -0.25) is 33.8 Å². The van der Waals surface area contributed by atoms with E-state index in [-0.39, 0.29) is 53.4 Å². The van der Waals surface area contributed by atoms with E-state index in [1.54, 1.807) is 0 Å². The Labute approximate surface area is 332 Å². The Kier molecular flexibility index (Phi) is 15.1. The Hall–Kier alpha value is -4.28. The van der Waals surface area contributed by atoms with Crippen LogP contribution in [-0.4, -0.2) is 57.1 Å². The number of rotatable bonds is 17. The van der Waals surface area contributed by atoms with E-state index in [1.807, 2.05) is 65.0 Å². The molecule has 56 heavy (non-hydrogen) atoms. The Morgan fingerprint density at radius 1 is 0.839 bits per heavy atom. The summed E-state index contributed by atoms with van der Waals surface area (Å²) < 4.78 is 0. The minimum absolute atomic E-state index is 0.00505. The van der Waals surface area contributed by atoms with Gasteiger partial charge in [-0.05, 0) is 74.2 Å². The number of hydrogen-bond acceptors (Lipinski definition) is 8. The summed E-state index contributed by atoms with van der Waals surface area (Å²) in [7, 11) is 0. The quantitative estimate of drug-likeness (QED) is 0.146. The zero-order valence-electron chi connectivity index (χ0n) is 34.1. The molecular weight excluding hydrogens is 707 g/mol. The molecule has 0 spiro atoms. The van der Waals surface area contributed by atoms with Crippen LogP contribution in [0.3, 0.4) is 0 Å². The van der Waals surface area contributed by atoms with Gasteiger partial charge in [-0.25, -0.2) is 4.98 Å². The summed E-state index contributed by atoms with van der Waals surface area (Å²) in [5.41, 5.74) is 0.524. The lowest BCUT2D eigenvalue weighted by Crippen LogP contribution is -2.51. The largest absolute Gasteiger partial charge is 0.345 e. The molecule has 2 aromatic rings. The van der Waals surface area contributed by atoms with Crippen LogP contribution in [0.4, 0.5) is 0 Å². The van der Waals surface area contributed by atoms with Crippen molar-refractivity contribution in [2.75, 3.05) is 0 Å². The molecule has 11 heteroatoms. The highest BCUT2D eigenvalue weighted by Crippen LogP contribution is 2.52. The molecule has 0 saturated heterocycles. The van der Waals surface area contributed by atoms with Crippen LogP contribution in [0.5, 0.6) is 0 Å². The third-order valence-electron chi connectivity index (χ3n) is 12.8. The average molecular weight is 770 g/mol. The summed E-state index contributed by atoms with van der Waals surface area (Å²) in [6, 6.07) is 7.31. The lowest BCUT2D eigenvalue weighted by Gasteiger charge is -2.37. The summed E-state index contributed by atoms with van der Waals surface area (Å²) in [5, 5.41) is 8.74. The van der Waals surface area contributed by atoms with Crippen LogP contribution in [0.2, 0.25) is 0 Å². The second-order valence-electron chi connectivity index (χ2n) is 17.7. The minimum atomic E-state index is -1.00. The number of Topliss-reactive ketones (excluding diaryl/α,β-unsaturated/α-hetero) is 3. The van der Waals surface area contributed by atoms with Gasteiger partial charge in [-0.15, -0.1) is 0 Å². The first-order valence-electron chi connectivity index (χ1n) is 21.1. The molecule has 0 aliphatic heterocycles. The molecular formula is C45H63N5O6. The molecule has 0 radical (unpaired) electrons. The van der Waals surface area contributed by atoms with Gasteiger partial charge >= 0.3 is 0 Å². The smallest absolute Gasteiger partial charge is 0.290 e. The molecule has 1 aromatic carbocycles. The molecule has 3 amide bonds. The van der Waals surface area contributed by atoms with Gasteiger partial charge in [0.05, 0.1) is 24.3 Å². The maximum absolute atomic E-state index is 15.0. The monoisotopic (exact) mass is 769 g/mol. The fraction of sp³-hybridized carbons (Fsp3) is 0.644. The second-order valence-corrected chi connectivity index (χ2v) is 17.7. The number of benzene rings is 1. The van der Waals surface area contributed by atoms with E-state index < -0.39 is 52.8 Å². The van der Waals surface area contributed by atoms with Gasteiger partial charge in [-0.1, -0.05) is 103 Å². The first kappa shape index (κ1) is 42.9. The molecule has 0 bridgehead atoms. The highest BCUT2D eigenvalue weighted by atomic mass is 16.2. The van der Waals surface area contributed by atoms with E-state index >= 15 is 4.79 Å². The van der Waals surface area contributed by atoms with Crippen molar-refractivity contribution in [3.05, 3.63) is 60.2 Å². The van der Waals surface area contributed by atoms with Crippen molar-refractivity contribution in [1.29, 1.82) is 0 Å². The highest BCUT2D eigenvalue weighted by Gasteiger charge is 2.53. The molecule has 11 nitrogen and oxygen atoms in total. The molecule has 8 atom stereocenters. The van der Waals surface area contributed by atoms with Crippen LogP contribution in [0.1, 0.15) is 147 Å².